The predicted octanol–water partition coefficient (Wildman–Crippen LogP) is 3.88. The standard InChI is InChI=1S/C43H53FN10O5/c1-4-43-24-45-39-36(19-34(47-48-39)31-6-5-7-33(44)38(31)56)53(43)17-16-51(25-43)42(59)54-26(2)20-49(21-27(54)3)22-28-12-14-50(15-13-28)30-9-8-29-23-52(41(58)32(29)18-30)35-10-11-37(55)46-40(35)57/h5-9,18-19,26-28,35,56H,4,10-17,20-25H2,1-3H3,(H,45,48)(H,46,55,57)/t26-,27-,35?,43?/m1/s1. The van der Waals surface area contributed by atoms with Crippen LogP contribution < -0.4 is 20.4 Å². The minimum Gasteiger partial charge on any atom is -0.504 e. The number of carbonyl (C=O) groups is 4. The van der Waals surface area contributed by atoms with Crippen LogP contribution in [0.5, 0.6) is 5.75 Å². The van der Waals surface area contributed by atoms with Crippen LogP contribution in [-0.4, -0.2) is 141 Å². The second kappa shape index (κ2) is 15.3. The summed E-state index contributed by atoms with van der Waals surface area (Å²) in [5, 5.41) is 24.9. The van der Waals surface area contributed by atoms with Crippen molar-refractivity contribution in [1.82, 2.24) is 35.1 Å². The fourth-order valence-electron chi connectivity index (χ4n) is 10.5. The van der Waals surface area contributed by atoms with Gasteiger partial charge in [0.15, 0.2) is 17.4 Å². The third kappa shape index (κ3) is 6.98. The molecule has 0 bridgehead atoms. The molecule has 16 heteroatoms. The number of anilines is 3. The fraction of sp³-hybridized carbons (Fsp3) is 0.535. The molecule has 7 heterocycles. The van der Waals surface area contributed by atoms with Crippen molar-refractivity contribution in [3.63, 3.8) is 0 Å². The number of piperazine rings is 2. The molecule has 6 aliphatic heterocycles. The number of para-hydroxylation sites is 1. The van der Waals surface area contributed by atoms with Gasteiger partial charge in [0.05, 0.1) is 16.9 Å². The average Bonchev–Trinajstić information content (AvgIpc) is 3.56. The molecule has 2 unspecified atom stereocenters. The SMILES string of the molecule is CCC12CNc3nnc(-c4cccc(F)c4O)cc3N1CCN(C(=O)N1[C@H](C)CN(CC3CCN(c4ccc5c(c4)C(=O)N(C4CCC(=O)NC4=O)C5)CC3)C[C@H]1C)C2. The zero-order valence-corrected chi connectivity index (χ0v) is 34.0. The molecule has 0 aliphatic carbocycles. The molecule has 0 radical (unpaired) electrons. The molecule has 4 fully saturated rings. The number of phenols is 1. The van der Waals surface area contributed by atoms with E-state index in [1.807, 2.05) is 23.1 Å². The van der Waals surface area contributed by atoms with Crippen LogP contribution in [0.15, 0.2) is 42.5 Å². The van der Waals surface area contributed by atoms with E-state index in [0.717, 1.165) is 68.9 Å². The maximum atomic E-state index is 14.4. The van der Waals surface area contributed by atoms with Crippen molar-refractivity contribution in [3.8, 4) is 17.0 Å². The topological polar surface area (TPSA) is 158 Å². The maximum Gasteiger partial charge on any atom is 0.320 e. The van der Waals surface area contributed by atoms with Crippen molar-refractivity contribution in [2.75, 3.05) is 74.0 Å². The van der Waals surface area contributed by atoms with Crippen molar-refractivity contribution in [1.29, 1.82) is 0 Å². The van der Waals surface area contributed by atoms with Gasteiger partial charge in [0.2, 0.25) is 11.8 Å². The van der Waals surface area contributed by atoms with Crippen molar-refractivity contribution in [3.05, 3.63) is 59.4 Å². The molecule has 9 rings (SSSR count). The van der Waals surface area contributed by atoms with E-state index in [1.54, 1.807) is 17.0 Å². The van der Waals surface area contributed by atoms with Crippen LogP contribution in [0.1, 0.15) is 68.8 Å². The number of nitrogens with zero attached hydrogens (tertiary/aromatic N) is 8. The van der Waals surface area contributed by atoms with E-state index in [-0.39, 0.29) is 47.5 Å². The van der Waals surface area contributed by atoms with Crippen LogP contribution in [0.25, 0.3) is 11.3 Å². The largest absolute Gasteiger partial charge is 0.504 e. The van der Waals surface area contributed by atoms with E-state index in [9.17, 15) is 28.7 Å². The highest BCUT2D eigenvalue weighted by Gasteiger charge is 2.48. The molecule has 0 spiro atoms. The number of piperidine rings is 2. The second-order valence-corrected chi connectivity index (χ2v) is 17.4. The van der Waals surface area contributed by atoms with E-state index in [4.69, 9.17) is 0 Å². The molecule has 5 amide bonds. The molecular formula is C43H53FN10O5. The number of urea groups is 1. The summed E-state index contributed by atoms with van der Waals surface area (Å²) in [6.07, 6.45) is 3.45. The Labute approximate surface area is 343 Å². The predicted molar refractivity (Wildman–Crippen MR) is 220 cm³/mol. The zero-order chi connectivity index (χ0) is 41.2. The third-order valence-corrected chi connectivity index (χ3v) is 13.7. The lowest BCUT2D eigenvalue weighted by atomic mass is 9.87. The zero-order valence-electron chi connectivity index (χ0n) is 34.0. The first kappa shape index (κ1) is 39.0. The Morgan fingerprint density at radius 1 is 0.966 bits per heavy atom. The number of rotatable bonds is 6. The Hall–Kier alpha value is -5.51. The van der Waals surface area contributed by atoms with Gasteiger partial charge in [-0.1, -0.05) is 19.1 Å². The molecule has 0 saturated carbocycles. The number of benzene rings is 2. The maximum absolute atomic E-state index is 14.4. The lowest BCUT2D eigenvalue weighted by Gasteiger charge is -2.55. The lowest BCUT2D eigenvalue weighted by Crippen LogP contribution is -2.70. The normalized spacial score (nSPS) is 26.3. The van der Waals surface area contributed by atoms with Crippen LogP contribution in [-0.2, 0) is 16.1 Å². The van der Waals surface area contributed by atoms with E-state index in [0.29, 0.717) is 62.1 Å². The van der Waals surface area contributed by atoms with Gasteiger partial charge >= 0.3 is 6.03 Å². The Morgan fingerprint density at radius 3 is 2.49 bits per heavy atom. The highest BCUT2D eigenvalue weighted by atomic mass is 19.1. The quantitative estimate of drug-likeness (QED) is 0.311. The van der Waals surface area contributed by atoms with Crippen molar-refractivity contribution >= 4 is 40.9 Å². The van der Waals surface area contributed by atoms with E-state index in [1.165, 1.54) is 6.07 Å². The average molecular weight is 809 g/mol. The summed E-state index contributed by atoms with van der Waals surface area (Å²) >= 11 is 0. The van der Waals surface area contributed by atoms with Crippen LogP contribution in [0.3, 0.4) is 0 Å². The number of fused-ring (bicyclic) bond motifs is 4. The van der Waals surface area contributed by atoms with E-state index in [2.05, 4.69) is 67.3 Å². The van der Waals surface area contributed by atoms with Gasteiger partial charge in [-0.25, -0.2) is 9.18 Å². The summed E-state index contributed by atoms with van der Waals surface area (Å²) < 4.78 is 14.2. The molecule has 312 valence electrons. The number of hydrogen-bond acceptors (Lipinski definition) is 11. The number of halogens is 1. The number of carbonyl (C=O) groups excluding carboxylic acids is 4. The Bertz CT molecular complexity index is 2170. The van der Waals surface area contributed by atoms with Gasteiger partial charge in [-0.15, -0.1) is 10.2 Å². The number of amides is 5. The third-order valence-electron chi connectivity index (χ3n) is 13.7. The minimum absolute atomic E-state index is 0.0487. The summed E-state index contributed by atoms with van der Waals surface area (Å²) in [6, 6.07) is 11.8. The molecule has 4 atom stereocenters. The number of phenolic OH excluding ortho intramolecular Hbond substituents is 1. The van der Waals surface area contributed by atoms with Gasteiger partial charge < -0.3 is 34.9 Å². The van der Waals surface area contributed by atoms with Gasteiger partial charge in [-0.05, 0) is 81.3 Å². The van der Waals surface area contributed by atoms with Crippen LogP contribution in [0.2, 0.25) is 0 Å². The minimum atomic E-state index is -0.712. The van der Waals surface area contributed by atoms with Gasteiger partial charge in [0.25, 0.3) is 5.91 Å². The van der Waals surface area contributed by atoms with Crippen LogP contribution >= 0.6 is 0 Å². The molecule has 1 aromatic heterocycles. The highest BCUT2D eigenvalue weighted by Crippen LogP contribution is 2.42. The molecule has 3 N–H and O–H groups in total. The second-order valence-electron chi connectivity index (χ2n) is 17.4. The molecule has 6 aliphatic rings. The molecule has 4 saturated heterocycles. The number of nitrogens with one attached hydrogen (secondary N) is 2. The van der Waals surface area contributed by atoms with Crippen molar-refractivity contribution in [2.24, 2.45) is 5.92 Å². The Morgan fingerprint density at radius 2 is 1.75 bits per heavy atom. The monoisotopic (exact) mass is 808 g/mol. The van der Waals surface area contributed by atoms with Crippen molar-refractivity contribution < 1.29 is 28.7 Å². The summed E-state index contributed by atoms with van der Waals surface area (Å²) in [7, 11) is 0. The molecule has 59 heavy (non-hydrogen) atoms. The summed E-state index contributed by atoms with van der Waals surface area (Å²) in [6.45, 7) is 13.5. The first-order valence-corrected chi connectivity index (χ1v) is 21.1. The molecule has 15 nitrogen and oxygen atoms in total. The number of aromatic hydroxyl groups is 1. The molecule has 3 aromatic rings. The molecule has 2 aromatic carbocycles. The number of hydrogen-bond donors (Lipinski definition) is 3. The first-order valence-electron chi connectivity index (χ1n) is 21.1. The summed E-state index contributed by atoms with van der Waals surface area (Å²) in [5.41, 5.74) is 3.71. The first-order chi connectivity index (χ1) is 28.4. The fourth-order valence-corrected chi connectivity index (χ4v) is 10.5. The van der Waals surface area contributed by atoms with Gasteiger partial charge in [-0.3, -0.25) is 24.6 Å². The number of imide groups is 1. The van der Waals surface area contributed by atoms with Gasteiger partial charge in [-0.2, -0.15) is 0 Å². The number of aromatic nitrogens is 2. The van der Waals surface area contributed by atoms with E-state index < -0.39 is 23.5 Å². The van der Waals surface area contributed by atoms with Crippen molar-refractivity contribution in [2.45, 2.75) is 83.1 Å². The Kier molecular flexibility index (Phi) is 10.1. The smallest absolute Gasteiger partial charge is 0.320 e. The highest BCUT2D eigenvalue weighted by molar-refractivity contribution is 6.05. The van der Waals surface area contributed by atoms with Gasteiger partial charge in [0.1, 0.15) is 6.04 Å². The van der Waals surface area contributed by atoms with Gasteiger partial charge in [0, 0.05) is 101 Å². The van der Waals surface area contributed by atoms with Crippen LogP contribution in [0.4, 0.5) is 26.4 Å². The van der Waals surface area contributed by atoms with Crippen LogP contribution in [0, 0.1) is 11.7 Å². The lowest BCUT2D eigenvalue weighted by molar-refractivity contribution is -0.136. The summed E-state index contributed by atoms with van der Waals surface area (Å²) in [5.74, 6) is -0.828. The Balaban J connectivity index is 0.792. The van der Waals surface area contributed by atoms with E-state index >= 15 is 0 Å². The summed E-state index contributed by atoms with van der Waals surface area (Å²) in [4.78, 5) is 64.9. The molecular weight excluding hydrogens is 756 g/mol.